The molecular formula is C22H31N3O4P2. The summed E-state index contributed by atoms with van der Waals surface area (Å²) in [6.45, 7) is 5.52. The summed E-state index contributed by atoms with van der Waals surface area (Å²) in [5.41, 5.74) is 0. The molecule has 2 aromatic carbocycles. The monoisotopic (exact) mass is 463 g/mol. The molecule has 168 valence electrons. The summed E-state index contributed by atoms with van der Waals surface area (Å²) in [6, 6.07) is 17.9. The smallest absolute Gasteiger partial charge is 0.399 e. The van der Waals surface area contributed by atoms with Gasteiger partial charge in [0.15, 0.2) is 0 Å². The molecule has 0 spiro atoms. The van der Waals surface area contributed by atoms with Crippen molar-refractivity contribution in [2.45, 2.75) is 26.4 Å². The van der Waals surface area contributed by atoms with E-state index in [2.05, 4.69) is 13.0 Å². The second-order valence-corrected chi connectivity index (χ2v) is 11.9. The average Bonchev–Trinajstić information content (AvgIpc) is 3.01. The molecule has 1 aliphatic heterocycles. The van der Waals surface area contributed by atoms with Gasteiger partial charge in [-0.2, -0.15) is 0 Å². The largest absolute Gasteiger partial charge is 0.566 e. The molecule has 1 saturated heterocycles. The number of nitrogens with zero attached hydrogens (tertiary/aromatic N) is 3. The molecule has 3 rings (SSSR count). The fourth-order valence-corrected chi connectivity index (χ4v) is 8.71. The Balaban J connectivity index is 2.07. The first-order valence-corrected chi connectivity index (χ1v) is 13.4. The molecule has 0 amide bonds. The summed E-state index contributed by atoms with van der Waals surface area (Å²) in [5.74, 6) is 0.846. The van der Waals surface area contributed by atoms with Gasteiger partial charge >= 0.3 is 7.75 Å². The molecule has 0 aliphatic carbocycles. The zero-order valence-electron chi connectivity index (χ0n) is 18.5. The van der Waals surface area contributed by atoms with Crippen molar-refractivity contribution in [3.63, 3.8) is 0 Å². The van der Waals surface area contributed by atoms with Crippen molar-refractivity contribution in [1.29, 1.82) is 0 Å². The number of benzene rings is 2. The lowest BCUT2D eigenvalue weighted by Gasteiger charge is -2.33. The number of para-hydroxylation sites is 2. The van der Waals surface area contributed by atoms with Crippen LogP contribution in [0, 0.1) is 0 Å². The SMILES string of the molecule is CC/C=C/[C@H](C)OP1(=NP(=O)(Oc2ccccc2)Oc2ccccc2)N(C)CCN1C. The van der Waals surface area contributed by atoms with Gasteiger partial charge in [0, 0.05) is 13.1 Å². The zero-order chi connectivity index (χ0) is 22.3. The third kappa shape index (κ3) is 6.09. The molecule has 2 aromatic rings. The minimum Gasteiger partial charge on any atom is -0.399 e. The van der Waals surface area contributed by atoms with Crippen LogP contribution in [0.15, 0.2) is 77.3 Å². The van der Waals surface area contributed by atoms with Crippen molar-refractivity contribution in [3.05, 3.63) is 72.8 Å². The summed E-state index contributed by atoms with van der Waals surface area (Å²) in [6.07, 6.45) is 4.76. The summed E-state index contributed by atoms with van der Waals surface area (Å²) in [4.78, 5) is 0. The second kappa shape index (κ2) is 10.6. The minimum atomic E-state index is -3.99. The molecule has 0 radical (unpaired) electrons. The van der Waals surface area contributed by atoms with Crippen LogP contribution in [0.25, 0.3) is 0 Å². The molecule has 0 unspecified atom stereocenters. The second-order valence-electron chi connectivity index (χ2n) is 7.29. The molecule has 0 N–H and O–H groups in total. The first kappa shape index (κ1) is 23.8. The minimum absolute atomic E-state index is 0.207. The zero-order valence-corrected chi connectivity index (χ0v) is 20.3. The van der Waals surface area contributed by atoms with E-state index in [4.69, 9.17) is 18.1 Å². The normalized spacial score (nSPS) is 18.2. The van der Waals surface area contributed by atoms with Gasteiger partial charge in [-0.1, -0.05) is 55.5 Å². The summed E-state index contributed by atoms with van der Waals surface area (Å²) < 4.78 is 41.1. The standard InChI is InChI=1S/C22H31N3O4P2/c1-5-6-13-20(2)27-30(24(3)18-19-25(30)4)23-31(26,28-21-14-9-7-10-15-21)29-22-16-11-8-12-17-22/h6-17,20H,5,18-19H2,1-4H3/b13-6+/t20-/m0/s1. The van der Waals surface area contributed by atoms with Gasteiger partial charge in [-0.15, -0.1) is 4.52 Å². The molecule has 1 heterocycles. The van der Waals surface area contributed by atoms with Gasteiger partial charge in [0.25, 0.3) is 0 Å². The summed E-state index contributed by atoms with van der Waals surface area (Å²) in [7, 11) is -2.91. The van der Waals surface area contributed by atoms with E-state index in [9.17, 15) is 4.57 Å². The highest BCUT2D eigenvalue weighted by atomic mass is 31.2. The molecule has 1 fully saturated rings. The topological polar surface area (TPSA) is 63.6 Å². The van der Waals surface area contributed by atoms with E-state index in [0.717, 1.165) is 19.5 Å². The molecule has 1 atom stereocenters. The molecule has 31 heavy (non-hydrogen) atoms. The Hall–Kier alpha value is -1.88. The van der Waals surface area contributed by atoms with Gasteiger partial charge in [-0.3, -0.25) is 0 Å². The van der Waals surface area contributed by atoms with Crippen molar-refractivity contribution in [2.75, 3.05) is 27.2 Å². The maximum atomic E-state index is 14.1. The van der Waals surface area contributed by atoms with Crippen LogP contribution in [-0.2, 0) is 9.09 Å². The Morgan fingerprint density at radius 1 is 1.00 bits per heavy atom. The number of allylic oxidation sites excluding steroid dienone is 1. The van der Waals surface area contributed by atoms with E-state index in [1.807, 2.05) is 72.8 Å². The number of likely N-dealkylation sites (N-methyl/N-ethyl adjacent to an activating group) is 2. The molecule has 9 heteroatoms. The summed E-state index contributed by atoms with van der Waals surface area (Å²) >= 11 is 0. The van der Waals surface area contributed by atoms with Crippen molar-refractivity contribution in [3.8, 4) is 11.5 Å². The fourth-order valence-electron chi connectivity index (χ4n) is 3.14. The van der Waals surface area contributed by atoms with Gasteiger partial charge in [0.05, 0.1) is 6.10 Å². The lowest BCUT2D eigenvalue weighted by atomic mass is 10.3. The Labute approximate surface area is 185 Å². The van der Waals surface area contributed by atoms with E-state index < -0.39 is 15.3 Å². The Morgan fingerprint density at radius 2 is 1.48 bits per heavy atom. The maximum Gasteiger partial charge on any atom is 0.566 e. The molecule has 0 saturated carbocycles. The lowest BCUT2D eigenvalue weighted by molar-refractivity contribution is 0.258. The van der Waals surface area contributed by atoms with Crippen molar-refractivity contribution in [2.24, 2.45) is 4.52 Å². The first-order valence-electron chi connectivity index (χ1n) is 10.4. The van der Waals surface area contributed by atoms with E-state index in [1.54, 1.807) is 24.3 Å². The molecule has 0 aromatic heterocycles. The van der Waals surface area contributed by atoms with Crippen LogP contribution in [0.3, 0.4) is 0 Å². The highest BCUT2D eigenvalue weighted by molar-refractivity contribution is 7.67. The molecule has 0 bridgehead atoms. The predicted molar refractivity (Wildman–Crippen MR) is 126 cm³/mol. The van der Waals surface area contributed by atoms with Crippen molar-refractivity contribution < 1.29 is 18.1 Å². The third-order valence-corrected chi connectivity index (χ3v) is 10.2. The fraction of sp³-hybridized carbons (Fsp3) is 0.364. The van der Waals surface area contributed by atoms with Gasteiger partial charge in [0.2, 0.25) is 7.58 Å². The molecular weight excluding hydrogens is 432 g/mol. The van der Waals surface area contributed by atoms with E-state index in [-0.39, 0.29) is 6.10 Å². The number of hydrogen-bond acceptors (Lipinski definition) is 4. The third-order valence-electron chi connectivity index (χ3n) is 4.74. The van der Waals surface area contributed by atoms with Crippen LogP contribution in [0.4, 0.5) is 0 Å². The highest BCUT2D eigenvalue weighted by Crippen LogP contribution is 2.68. The van der Waals surface area contributed by atoms with Crippen LogP contribution in [0.1, 0.15) is 20.3 Å². The van der Waals surface area contributed by atoms with Crippen LogP contribution in [0.5, 0.6) is 11.5 Å². The van der Waals surface area contributed by atoms with Crippen LogP contribution in [0.2, 0.25) is 0 Å². The Bertz CT molecular complexity index is 910. The van der Waals surface area contributed by atoms with Crippen LogP contribution in [-0.4, -0.2) is 42.6 Å². The van der Waals surface area contributed by atoms with Crippen molar-refractivity contribution in [1.82, 2.24) is 9.34 Å². The van der Waals surface area contributed by atoms with E-state index in [0.29, 0.717) is 11.5 Å². The van der Waals surface area contributed by atoms with Gasteiger partial charge in [-0.05, 0) is 51.7 Å². The molecule has 7 nitrogen and oxygen atoms in total. The highest BCUT2D eigenvalue weighted by Gasteiger charge is 2.44. The van der Waals surface area contributed by atoms with E-state index >= 15 is 0 Å². The van der Waals surface area contributed by atoms with Gasteiger partial charge < -0.3 is 13.6 Å². The van der Waals surface area contributed by atoms with Crippen molar-refractivity contribution >= 4 is 15.3 Å². The predicted octanol–water partition coefficient (Wildman–Crippen LogP) is 6.45. The Morgan fingerprint density at radius 3 is 1.94 bits per heavy atom. The van der Waals surface area contributed by atoms with Gasteiger partial charge in [-0.25, -0.2) is 13.9 Å². The van der Waals surface area contributed by atoms with Crippen LogP contribution < -0.4 is 9.05 Å². The first-order chi connectivity index (χ1) is 14.9. The number of hydrogen-bond donors (Lipinski definition) is 0. The van der Waals surface area contributed by atoms with E-state index in [1.165, 1.54) is 0 Å². The average molecular weight is 463 g/mol. The lowest BCUT2D eigenvalue weighted by Crippen LogP contribution is -2.20. The number of rotatable bonds is 9. The quantitative estimate of drug-likeness (QED) is 0.315. The Kier molecular flexibility index (Phi) is 8.15. The summed E-state index contributed by atoms with van der Waals surface area (Å²) in [5, 5.41) is 0. The molecule has 1 aliphatic rings. The van der Waals surface area contributed by atoms with Gasteiger partial charge in [0.1, 0.15) is 11.5 Å². The van der Waals surface area contributed by atoms with Crippen LogP contribution >= 0.6 is 15.3 Å². The maximum absolute atomic E-state index is 14.1.